The molecule has 1 heterocycles. The van der Waals surface area contributed by atoms with Crippen LogP contribution in [0.1, 0.15) is 13.3 Å². The highest BCUT2D eigenvalue weighted by Crippen LogP contribution is 2.27. The summed E-state index contributed by atoms with van der Waals surface area (Å²) < 4.78 is 13.7. The zero-order chi connectivity index (χ0) is 18.7. The second-order valence-electron chi connectivity index (χ2n) is 6.10. The second-order valence-corrected chi connectivity index (χ2v) is 6.10. The second kappa shape index (κ2) is 7.35. The van der Waals surface area contributed by atoms with Gasteiger partial charge in [0.2, 0.25) is 17.7 Å². The van der Waals surface area contributed by atoms with E-state index in [-0.39, 0.29) is 36.4 Å². The standard InChI is InChI=1S/C19H18FN3O3/c1-12(24)21-14-6-8-15(9-7-14)23-11-13(10-18(23)25)19(26)22-17-5-3-2-4-16(17)20/h2-9,13H,10-11H2,1H3,(H,21,24)(H,22,26). The predicted molar refractivity (Wildman–Crippen MR) is 96.2 cm³/mol. The maximum Gasteiger partial charge on any atom is 0.229 e. The van der Waals surface area contributed by atoms with E-state index in [0.29, 0.717) is 11.4 Å². The number of rotatable bonds is 4. The molecule has 134 valence electrons. The van der Waals surface area contributed by atoms with Crippen LogP contribution < -0.4 is 15.5 Å². The van der Waals surface area contributed by atoms with Gasteiger partial charge in [0, 0.05) is 31.3 Å². The van der Waals surface area contributed by atoms with Crippen LogP contribution >= 0.6 is 0 Å². The Morgan fingerprint density at radius 2 is 1.77 bits per heavy atom. The first-order valence-electron chi connectivity index (χ1n) is 8.17. The fourth-order valence-corrected chi connectivity index (χ4v) is 2.86. The van der Waals surface area contributed by atoms with Gasteiger partial charge in [-0.3, -0.25) is 14.4 Å². The SMILES string of the molecule is CC(=O)Nc1ccc(N2CC(C(=O)Nc3ccccc3F)CC2=O)cc1. The molecule has 1 saturated heterocycles. The minimum Gasteiger partial charge on any atom is -0.326 e. The number of nitrogens with one attached hydrogen (secondary N) is 2. The molecule has 1 atom stereocenters. The van der Waals surface area contributed by atoms with Crippen LogP contribution in [0.2, 0.25) is 0 Å². The normalized spacial score (nSPS) is 16.5. The summed E-state index contributed by atoms with van der Waals surface area (Å²) in [4.78, 5) is 37.2. The van der Waals surface area contributed by atoms with Crippen LogP contribution in [0.3, 0.4) is 0 Å². The lowest BCUT2D eigenvalue weighted by molar-refractivity contribution is -0.122. The van der Waals surface area contributed by atoms with Gasteiger partial charge in [-0.1, -0.05) is 12.1 Å². The lowest BCUT2D eigenvalue weighted by Gasteiger charge is -2.17. The Morgan fingerprint density at radius 3 is 2.42 bits per heavy atom. The average Bonchev–Trinajstić information content (AvgIpc) is 2.99. The fourth-order valence-electron chi connectivity index (χ4n) is 2.86. The summed E-state index contributed by atoms with van der Waals surface area (Å²) in [6, 6.07) is 12.7. The third-order valence-corrected chi connectivity index (χ3v) is 4.13. The zero-order valence-electron chi connectivity index (χ0n) is 14.2. The molecule has 2 N–H and O–H groups in total. The summed E-state index contributed by atoms with van der Waals surface area (Å²) in [5.74, 6) is -1.82. The monoisotopic (exact) mass is 355 g/mol. The number of hydrogen-bond donors (Lipinski definition) is 2. The van der Waals surface area contributed by atoms with Crippen molar-refractivity contribution in [2.75, 3.05) is 22.1 Å². The molecule has 2 aromatic carbocycles. The van der Waals surface area contributed by atoms with Crippen LogP contribution in [-0.4, -0.2) is 24.3 Å². The van der Waals surface area contributed by atoms with Gasteiger partial charge in [0.25, 0.3) is 0 Å². The van der Waals surface area contributed by atoms with Crippen molar-refractivity contribution >= 4 is 34.8 Å². The van der Waals surface area contributed by atoms with E-state index in [2.05, 4.69) is 10.6 Å². The van der Waals surface area contributed by atoms with Gasteiger partial charge in [-0.25, -0.2) is 4.39 Å². The van der Waals surface area contributed by atoms with Crippen LogP contribution in [0.15, 0.2) is 48.5 Å². The Bertz CT molecular complexity index is 851. The molecule has 6 nitrogen and oxygen atoms in total. The summed E-state index contributed by atoms with van der Waals surface area (Å²) in [6.07, 6.45) is 0.0632. The Morgan fingerprint density at radius 1 is 1.08 bits per heavy atom. The summed E-state index contributed by atoms with van der Waals surface area (Å²) in [5.41, 5.74) is 1.37. The molecule has 0 radical (unpaired) electrons. The first-order chi connectivity index (χ1) is 12.4. The molecule has 26 heavy (non-hydrogen) atoms. The molecule has 3 rings (SSSR count). The number of halogens is 1. The number of amides is 3. The smallest absolute Gasteiger partial charge is 0.229 e. The van der Waals surface area contributed by atoms with Crippen LogP contribution in [0.5, 0.6) is 0 Å². The van der Waals surface area contributed by atoms with Crippen molar-refractivity contribution in [3.8, 4) is 0 Å². The van der Waals surface area contributed by atoms with Crippen molar-refractivity contribution in [2.24, 2.45) is 5.92 Å². The van der Waals surface area contributed by atoms with Crippen LogP contribution in [0.25, 0.3) is 0 Å². The molecule has 0 aliphatic carbocycles. The molecule has 7 heteroatoms. The van der Waals surface area contributed by atoms with E-state index in [0.717, 1.165) is 0 Å². The molecule has 0 bridgehead atoms. The number of hydrogen-bond acceptors (Lipinski definition) is 3. The largest absolute Gasteiger partial charge is 0.326 e. The van der Waals surface area contributed by atoms with Gasteiger partial charge in [0.15, 0.2) is 0 Å². The lowest BCUT2D eigenvalue weighted by Crippen LogP contribution is -2.28. The van der Waals surface area contributed by atoms with Crippen molar-refractivity contribution in [2.45, 2.75) is 13.3 Å². The maximum atomic E-state index is 13.7. The molecule has 0 aromatic heterocycles. The summed E-state index contributed by atoms with van der Waals surface area (Å²) >= 11 is 0. The number of anilines is 3. The zero-order valence-corrected chi connectivity index (χ0v) is 14.2. The quantitative estimate of drug-likeness (QED) is 0.885. The first-order valence-corrected chi connectivity index (χ1v) is 8.17. The van der Waals surface area contributed by atoms with Gasteiger partial charge in [-0.2, -0.15) is 0 Å². The van der Waals surface area contributed by atoms with E-state index in [1.54, 1.807) is 30.3 Å². The first kappa shape index (κ1) is 17.6. The van der Waals surface area contributed by atoms with Gasteiger partial charge >= 0.3 is 0 Å². The van der Waals surface area contributed by atoms with Crippen molar-refractivity contribution in [3.63, 3.8) is 0 Å². The van der Waals surface area contributed by atoms with Gasteiger partial charge in [0.1, 0.15) is 5.82 Å². The molecule has 0 saturated carbocycles. The van der Waals surface area contributed by atoms with Crippen molar-refractivity contribution < 1.29 is 18.8 Å². The van der Waals surface area contributed by atoms with Gasteiger partial charge in [-0.05, 0) is 36.4 Å². The number of nitrogens with zero attached hydrogens (tertiary/aromatic N) is 1. The van der Waals surface area contributed by atoms with Gasteiger partial charge in [0.05, 0.1) is 11.6 Å². The Balaban J connectivity index is 1.67. The van der Waals surface area contributed by atoms with E-state index in [4.69, 9.17) is 0 Å². The minimum absolute atomic E-state index is 0.0632. The van der Waals surface area contributed by atoms with E-state index in [1.807, 2.05) is 0 Å². The predicted octanol–water partition coefficient (Wildman–Crippen LogP) is 2.78. The lowest BCUT2D eigenvalue weighted by atomic mass is 10.1. The van der Waals surface area contributed by atoms with Crippen LogP contribution in [0.4, 0.5) is 21.5 Å². The molecule has 2 aromatic rings. The minimum atomic E-state index is -0.558. The number of para-hydroxylation sites is 1. The van der Waals surface area contributed by atoms with Gasteiger partial charge < -0.3 is 15.5 Å². The van der Waals surface area contributed by atoms with E-state index in [9.17, 15) is 18.8 Å². The Kier molecular flexibility index (Phi) is 4.97. The molecular formula is C19H18FN3O3. The Hall–Kier alpha value is -3.22. The number of carbonyl (C=O) groups excluding carboxylic acids is 3. The Labute approximate surface area is 150 Å². The van der Waals surface area contributed by atoms with Crippen molar-refractivity contribution in [1.29, 1.82) is 0 Å². The van der Waals surface area contributed by atoms with Crippen molar-refractivity contribution in [3.05, 3.63) is 54.3 Å². The van der Waals surface area contributed by atoms with Gasteiger partial charge in [-0.15, -0.1) is 0 Å². The highest BCUT2D eigenvalue weighted by molar-refractivity contribution is 6.03. The third kappa shape index (κ3) is 3.88. The molecular weight excluding hydrogens is 337 g/mol. The molecule has 3 amide bonds. The van der Waals surface area contributed by atoms with E-state index < -0.39 is 11.7 Å². The van der Waals surface area contributed by atoms with E-state index >= 15 is 0 Å². The molecule has 1 fully saturated rings. The number of carbonyl (C=O) groups is 3. The van der Waals surface area contributed by atoms with Crippen LogP contribution in [0, 0.1) is 11.7 Å². The highest BCUT2D eigenvalue weighted by Gasteiger charge is 2.35. The molecule has 0 spiro atoms. The fraction of sp³-hybridized carbons (Fsp3) is 0.211. The molecule has 1 aliphatic rings. The average molecular weight is 355 g/mol. The topological polar surface area (TPSA) is 78.5 Å². The van der Waals surface area contributed by atoms with Crippen LogP contribution in [-0.2, 0) is 14.4 Å². The van der Waals surface area contributed by atoms with Crippen molar-refractivity contribution in [1.82, 2.24) is 0 Å². The molecule has 1 unspecified atom stereocenters. The number of benzene rings is 2. The van der Waals surface area contributed by atoms with E-state index in [1.165, 1.54) is 30.0 Å². The summed E-state index contributed by atoms with van der Waals surface area (Å²) in [6.45, 7) is 1.63. The molecule has 1 aliphatic heterocycles. The maximum absolute atomic E-state index is 13.7. The summed E-state index contributed by atoms with van der Waals surface area (Å²) in [5, 5.41) is 5.19. The highest BCUT2D eigenvalue weighted by atomic mass is 19.1. The third-order valence-electron chi connectivity index (χ3n) is 4.13. The summed E-state index contributed by atoms with van der Waals surface area (Å²) in [7, 11) is 0.